The van der Waals surface area contributed by atoms with Gasteiger partial charge < -0.3 is 14.2 Å². The molecule has 0 N–H and O–H groups in total. The van der Waals surface area contributed by atoms with Gasteiger partial charge in [0.15, 0.2) is 12.1 Å². The maximum Gasteiger partial charge on any atom is 0.160 e. The smallest absolute Gasteiger partial charge is 0.160 e. The van der Waals surface area contributed by atoms with Crippen molar-refractivity contribution in [3.05, 3.63) is 54.1 Å². The highest BCUT2D eigenvalue weighted by atomic mass is 16.7. The van der Waals surface area contributed by atoms with E-state index in [4.69, 9.17) is 14.2 Å². The van der Waals surface area contributed by atoms with Crippen LogP contribution in [0.1, 0.15) is 57.9 Å². The largest absolute Gasteiger partial charge is 0.497 e. The van der Waals surface area contributed by atoms with Crippen molar-refractivity contribution in [2.75, 3.05) is 13.7 Å². The van der Waals surface area contributed by atoms with Crippen molar-refractivity contribution in [1.29, 1.82) is 0 Å². The predicted molar refractivity (Wildman–Crippen MR) is 122 cm³/mol. The fraction of sp³-hybridized carbons (Fsp3) is 0.607. The normalized spacial score (nSPS) is 46.0. The van der Waals surface area contributed by atoms with E-state index in [0.29, 0.717) is 6.61 Å². The standard InChI is InChI=1S/C28H34O4/c1-4-31-22-12-16-27(32-22)15-11-21(29)23-24(27)26-14-6-5-13-25(26,2)28(23,18-17-26)19-7-9-20(30-3)10-8-19/h7-11,15,17-18,22-24H,4-6,12-14,16H2,1-3H3/t22?,23-,24+,25+,26+,27-,28+/m1/s1. The number of allylic oxidation sites excluding steroid dienone is 3. The SMILES string of the molecule is CCOC1CC[C@@]2(C=CC(=O)[C@@H]3[C@H]2[C@]24C=C[C@@]3(c3ccc(OC)cc3)[C@@]2(C)CCCC4)O1. The summed E-state index contributed by atoms with van der Waals surface area (Å²) in [7, 11) is 1.70. The highest BCUT2D eigenvalue weighted by Crippen LogP contribution is 2.81. The van der Waals surface area contributed by atoms with Gasteiger partial charge in [-0.15, -0.1) is 0 Å². The van der Waals surface area contributed by atoms with Gasteiger partial charge in [-0.25, -0.2) is 0 Å². The molecule has 1 saturated heterocycles. The lowest BCUT2D eigenvalue weighted by atomic mass is 9.52. The number of benzene rings is 1. The van der Waals surface area contributed by atoms with E-state index in [1.54, 1.807) is 7.11 Å². The number of rotatable bonds is 4. The summed E-state index contributed by atoms with van der Waals surface area (Å²) in [6.45, 7) is 5.13. The predicted octanol–water partition coefficient (Wildman–Crippen LogP) is 5.37. The Morgan fingerprint density at radius 3 is 2.59 bits per heavy atom. The van der Waals surface area contributed by atoms with E-state index in [2.05, 4.69) is 37.3 Å². The molecule has 1 aromatic rings. The van der Waals surface area contributed by atoms with Crippen molar-refractivity contribution in [3.63, 3.8) is 0 Å². The molecular weight excluding hydrogens is 400 g/mol. The summed E-state index contributed by atoms with van der Waals surface area (Å²) in [6.07, 6.45) is 15.2. The second-order valence-electron chi connectivity index (χ2n) is 10.7. The molecule has 0 amide bonds. The Labute approximate surface area is 191 Å². The fourth-order valence-corrected chi connectivity index (χ4v) is 8.70. The highest BCUT2D eigenvalue weighted by Gasteiger charge is 2.80. The maximum absolute atomic E-state index is 13.8. The minimum Gasteiger partial charge on any atom is -0.497 e. The first-order valence-electron chi connectivity index (χ1n) is 12.3. The van der Waals surface area contributed by atoms with Crippen LogP contribution in [0, 0.1) is 22.7 Å². The molecule has 170 valence electrons. The zero-order valence-electron chi connectivity index (χ0n) is 19.4. The van der Waals surface area contributed by atoms with Crippen LogP contribution in [-0.4, -0.2) is 31.4 Å². The quantitative estimate of drug-likeness (QED) is 0.598. The summed E-state index contributed by atoms with van der Waals surface area (Å²) in [6, 6.07) is 8.48. The number of methoxy groups -OCH3 is 1. The Balaban J connectivity index is 1.56. The van der Waals surface area contributed by atoms with Crippen molar-refractivity contribution < 1.29 is 19.0 Å². The van der Waals surface area contributed by atoms with Crippen molar-refractivity contribution >= 4 is 5.78 Å². The van der Waals surface area contributed by atoms with E-state index in [0.717, 1.165) is 31.4 Å². The third-order valence-corrected chi connectivity index (χ3v) is 9.88. The average molecular weight is 435 g/mol. The Morgan fingerprint density at radius 2 is 1.84 bits per heavy atom. The molecule has 32 heavy (non-hydrogen) atoms. The molecule has 2 bridgehead atoms. The molecule has 3 fully saturated rings. The number of fused-ring (bicyclic) bond motifs is 3. The van der Waals surface area contributed by atoms with Crippen molar-refractivity contribution in [2.24, 2.45) is 22.7 Å². The second-order valence-corrected chi connectivity index (χ2v) is 10.7. The number of carbonyl (C=O) groups is 1. The topological polar surface area (TPSA) is 44.8 Å². The molecule has 1 heterocycles. The molecule has 1 aromatic carbocycles. The van der Waals surface area contributed by atoms with Gasteiger partial charge in [0.05, 0.1) is 12.7 Å². The van der Waals surface area contributed by atoms with Crippen LogP contribution in [0.25, 0.3) is 0 Å². The first kappa shape index (κ1) is 20.7. The van der Waals surface area contributed by atoms with Gasteiger partial charge in [-0.1, -0.05) is 44.1 Å². The van der Waals surface area contributed by atoms with E-state index in [9.17, 15) is 4.79 Å². The van der Waals surface area contributed by atoms with Crippen LogP contribution in [0.2, 0.25) is 0 Å². The van der Waals surface area contributed by atoms with Crippen LogP contribution < -0.4 is 4.74 Å². The third kappa shape index (κ3) is 2.23. The summed E-state index contributed by atoms with van der Waals surface area (Å²) in [5.74, 6) is 1.16. The molecule has 1 spiro atoms. The monoisotopic (exact) mass is 434 g/mol. The van der Waals surface area contributed by atoms with E-state index >= 15 is 0 Å². The Morgan fingerprint density at radius 1 is 1.06 bits per heavy atom. The van der Waals surface area contributed by atoms with Crippen molar-refractivity contribution in [2.45, 2.75) is 69.7 Å². The van der Waals surface area contributed by atoms with Crippen molar-refractivity contribution in [3.8, 4) is 5.75 Å². The molecule has 7 atom stereocenters. The van der Waals surface area contributed by atoms with Crippen LogP contribution in [0.3, 0.4) is 0 Å². The summed E-state index contributed by atoms with van der Waals surface area (Å²) >= 11 is 0. The van der Waals surface area contributed by atoms with E-state index in [1.807, 2.05) is 25.1 Å². The second kappa shape index (κ2) is 6.80. The number of ether oxygens (including phenoxy) is 3. The molecule has 4 nitrogen and oxygen atoms in total. The lowest BCUT2D eigenvalue weighted by Gasteiger charge is -2.53. The molecule has 1 unspecified atom stereocenters. The Hall–Kier alpha value is -1.91. The highest BCUT2D eigenvalue weighted by molar-refractivity contribution is 5.96. The number of hydrogen-bond acceptors (Lipinski definition) is 4. The molecule has 4 aliphatic carbocycles. The lowest BCUT2D eigenvalue weighted by molar-refractivity contribution is -0.187. The summed E-state index contributed by atoms with van der Waals surface area (Å²) in [5, 5.41) is 0. The van der Waals surface area contributed by atoms with Gasteiger partial charge in [-0.3, -0.25) is 4.79 Å². The molecular formula is C28H34O4. The molecule has 4 heteroatoms. The molecule has 6 rings (SSSR count). The molecule has 2 saturated carbocycles. The fourth-order valence-electron chi connectivity index (χ4n) is 8.70. The third-order valence-electron chi connectivity index (χ3n) is 9.88. The maximum atomic E-state index is 13.8. The molecule has 0 radical (unpaired) electrons. The first-order chi connectivity index (χ1) is 15.5. The van der Waals surface area contributed by atoms with Crippen LogP contribution in [0.15, 0.2) is 48.6 Å². The van der Waals surface area contributed by atoms with E-state index in [-0.39, 0.29) is 40.2 Å². The first-order valence-corrected chi connectivity index (χ1v) is 12.3. The van der Waals surface area contributed by atoms with Gasteiger partial charge in [0, 0.05) is 35.7 Å². The molecule has 0 aromatic heterocycles. The zero-order valence-corrected chi connectivity index (χ0v) is 19.4. The minimum absolute atomic E-state index is 0.0100. The Bertz CT molecular complexity index is 995. The molecule has 1 aliphatic heterocycles. The summed E-state index contributed by atoms with van der Waals surface area (Å²) < 4.78 is 18.1. The zero-order chi connectivity index (χ0) is 22.2. The average Bonchev–Trinajstić information content (AvgIpc) is 3.40. The summed E-state index contributed by atoms with van der Waals surface area (Å²) in [5.41, 5.74) is 0.468. The van der Waals surface area contributed by atoms with E-state index in [1.165, 1.54) is 18.4 Å². The minimum atomic E-state index is -0.421. The van der Waals surface area contributed by atoms with Gasteiger partial charge in [0.2, 0.25) is 0 Å². The number of ketones is 1. The van der Waals surface area contributed by atoms with Gasteiger partial charge in [0.1, 0.15) is 5.75 Å². The van der Waals surface area contributed by atoms with Gasteiger partial charge >= 0.3 is 0 Å². The summed E-state index contributed by atoms with van der Waals surface area (Å²) in [4.78, 5) is 13.8. The van der Waals surface area contributed by atoms with Gasteiger partial charge in [-0.2, -0.15) is 0 Å². The van der Waals surface area contributed by atoms with Gasteiger partial charge in [0.25, 0.3) is 0 Å². The van der Waals surface area contributed by atoms with Crippen molar-refractivity contribution in [1.82, 2.24) is 0 Å². The van der Waals surface area contributed by atoms with Gasteiger partial charge in [-0.05, 0) is 61.4 Å². The number of carbonyl (C=O) groups excluding carboxylic acids is 1. The Kier molecular flexibility index (Phi) is 4.40. The van der Waals surface area contributed by atoms with Crippen LogP contribution in [-0.2, 0) is 19.7 Å². The van der Waals surface area contributed by atoms with Crippen LogP contribution >= 0.6 is 0 Å². The molecule has 5 aliphatic rings. The lowest BCUT2D eigenvalue weighted by Crippen LogP contribution is -2.53. The van der Waals surface area contributed by atoms with Crippen LogP contribution in [0.5, 0.6) is 5.75 Å². The van der Waals surface area contributed by atoms with E-state index < -0.39 is 5.60 Å². The number of hydrogen-bond donors (Lipinski definition) is 0. The van der Waals surface area contributed by atoms with Crippen LogP contribution in [0.4, 0.5) is 0 Å².